The Morgan fingerprint density at radius 2 is 1.86 bits per heavy atom. The van der Waals surface area contributed by atoms with E-state index in [2.05, 4.69) is 22.0 Å². The van der Waals surface area contributed by atoms with Crippen LogP contribution < -0.4 is 4.90 Å². The first-order valence-corrected chi connectivity index (χ1v) is 12.3. The van der Waals surface area contributed by atoms with Crippen LogP contribution in [0.25, 0.3) is 0 Å². The van der Waals surface area contributed by atoms with Crippen molar-refractivity contribution in [2.24, 2.45) is 17.8 Å². The SMILES string of the molecule is Cc1cc(N2C[C@H]3CC[C@@H](C2)C3Cc2nc3n(n2)CCCO[C@@H]3c2ccc(F)c(F)c2F)ccn1. The van der Waals surface area contributed by atoms with Crippen molar-refractivity contribution < 1.29 is 17.9 Å². The fourth-order valence-electron chi connectivity index (χ4n) is 6.13. The van der Waals surface area contributed by atoms with Crippen molar-refractivity contribution in [1.29, 1.82) is 0 Å². The number of piperidine rings is 1. The monoisotopic (exact) mass is 483 g/mol. The third-order valence-corrected chi connectivity index (χ3v) is 7.82. The molecule has 1 saturated carbocycles. The first kappa shape index (κ1) is 22.5. The maximum absolute atomic E-state index is 14.6. The summed E-state index contributed by atoms with van der Waals surface area (Å²) in [7, 11) is 0. The van der Waals surface area contributed by atoms with E-state index in [0.29, 0.717) is 49.0 Å². The maximum atomic E-state index is 14.6. The molecule has 6 rings (SSSR count). The molecule has 1 unspecified atom stereocenters. The van der Waals surface area contributed by atoms with E-state index in [-0.39, 0.29) is 5.56 Å². The molecule has 6 nitrogen and oxygen atoms in total. The number of aromatic nitrogens is 4. The summed E-state index contributed by atoms with van der Waals surface area (Å²) in [5.74, 6) is -1.17. The van der Waals surface area contributed by atoms with Crippen molar-refractivity contribution in [2.75, 3.05) is 24.6 Å². The first-order valence-electron chi connectivity index (χ1n) is 12.3. The number of fused-ring (bicyclic) bond motifs is 3. The van der Waals surface area contributed by atoms with Gasteiger partial charge in [-0.1, -0.05) is 0 Å². The summed E-state index contributed by atoms with van der Waals surface area (Å²) in [4.78, 5) is 11.6. The summed E-state index contributed by atoms with van der Waals surface area (Å²) in [5, 5.41) is 4.75. The number of benzene rings is 1. The molecule has 2 aromatic heterocycles. The summed E-state index contributed by atoms with van der Waals surface area (Å²) >= 11 is 0. The van der Waals surface area contributed by atoms with E-state index >= 15 is 0 Å². The second-order valence-corrected chi connectivity index (χ2v) is 10.0. The van der Waals surface area contributed by atoms with Crippen molar-refractivity contribution in [3.8, 4) is 0 Å². The second-order valence-electron chi connectivity index (χ2n) is 10.0. The van der Waals surface area contributed by atoms with Crippen LogP contribution in [0.15, 0.2) is 30.5 Å². The van der Waals surface area contributed by atoms with Crippen molar-refractivity contribution >= 4 is 5.69 Å². The van der Waals surface area contributed by atoms with Gasteiger partial charge in [-0.05, 0) is 68.2 Å². The fraction of sp³-hybridized carbons (Fsp3) is 0.500. The lowest BCUT2D eigenvalue weighted by atomic mass is 9.82. The van der Waals surface area contributed by atoms with Crippen molar-refractivity contribution in [2.45, 2.75) is 45.3 Å². The Morgan fingerprint density at radius 1 is 1.06 bits per heavy atom. The van der Waals surface area contributed by atoms with Gasteiger partial charge in [0.1, 0.15) is 6.10 Å². The van der Waals surface area contributed by atoms with Crippen LogP contribution in [0, 0.1) is 42.1 Å². The van der Waals surface area contributed by atoms with Crippen LogP contribution in [0.4, 0.5) is 18.9 Å². The molecule has 1 saturated heterocycles. The summed E-state index contributed by atoms with van der Waals surface area (Å²) in [6.07, 6.45) is 4.78. The highest BCUT2D eigenvalue weighted by atomic mass is 19.2. The standard InChI is InChI=1S/C26H28F3N5O/c1-15-11-18(7-8-30-15)33-13-16-3-4-17(14-33)20(16)12-22-31-26-25(35-10-2-9-34(26)32-22)19-5-6-21(27)24(29)23(19)28/h5-8,11,16-17,20,25H,2-4,9-10,12-14H2,1H3/t16-,17+,20?,25-/m1/s1. The molecule has 9 heteroatoms. The van der Waals surface area contributed by atoms with Gasteiger partial charge in [-0.25, -0.2) is 22.8 Å². The molecule has 4 atom stereocenters. The number of hydrogen-bond donors (Lipinski definition) is 0. The zero-order valence-electron chi connectivity index (χ0n) is 19.6. The molecule has 0 N–H and O–H groups in total. The molecule has 2 fully saturated rings. The summed E-state index contributed by atoms with van der Waals surface area (Å²) < 4.78 is 49.7. The van der Waals surface area contributed by atoms with E-state index in [4.69, 9.17) is 14.8 Å². The summed E-state index contributed by atoms with van der Waals surface area (Å²) in [6, 6.07) is 6.39. The summed E-state index contributed by atoms with van der Waals surface area (Å²) in [5.41, 5.74) is 2.20. The number of ether oxygens (including phenoxy) is 1. The molecule has 2 aliphatic heterocycles. The van der Waals surface area contributed by atoms with E-state index in [1.54, 1.807) is 4.68 Å². The predicted molar refractivity (Wildman–Crippen MR) is 123 cm³/mol. The van der Waals surface area contributed by atoms with Crippen LogP contribution >= 0.6 is 0 Å². The number of nitrogens with zero attached hydrogens (tertiary/aromatic N) is 5. The zero-order valence-corrected chi connectivity index (χ0v) is 19.6. The fourth-order valence-corrected chi connectivity index (χ4v) is 6.13. The lowest BCUT2D eigenvalue weighted by molar-refractivity contribution is 0.0779. The number of rotatable bonds is 4. The first-order chi connectivity index (χ1) is 17.0. The smallest absolute Gasteiger partial charge is 0.194 e. The lowest BCUT2D eigenvalue weighted by Gasteiger charge is -2.39. The number of pyridine rings is 1. The Morgan fingerprint density at radius 3 is 2.63 bits per heavy atom. The van der Waals surface area contributed by atoms with Gasteiger partial charge in [0, 0.05) is 55.8 Å². The maximum Gasteiger partial charge on any atom is 0.194 e. The van der Waals surface area contributed by atoms with Crippen LogP contribution in [-0.2, 0) is 17.7 Å². The Labute approximate surface area is 202 Å². The molecule has 3 aromatic rings. The van der Waals surface area contributed by atoms with E-state index < -0.39 is 23.6 Å². The zero-order chi connectivity index (χ0) is 24.1. The van der Waals surface area contributed by atoms with Crippen molar-refractivity contribution in [3.63, 3.8) is 0 Å². The number of halogens is 3. The molecular formula is C26H28F3N5O. The quantitative estimate of drug-likeness (QED) is 0.507. The Bertz CT molecular complexity index is 1230. The summed E-state index contributed by atoms with van der Waals surface area (Å²) in [6.45, 7) is 4.98. The average Bonchev–Trinajstić information content (AvgIpc) is 3.25. The molecule has 35 heavy (non-hydrogen) atoms. The second kappa shape index (κ2) is 8.93. The molecule has 1 aromatic carbocycles. The number of hydrogen-bond acceptors (Lipinski definition) is 5. The number of anilines is 1. The van der Waals surface area contributed by atoms with Gasteiger partial charge in [-0.3, -0.25) is 4.98 Å². The molecule has 3 aliphatic rings. The van der Waals surface area contributed by atoms with Gasteiger partial charge < -0.3 is 9.64 Å². The van der Waals surface area contributed by atoms with E-state index in [0.717, 1.165) is 31.3 Å². The third kappa shape index (κ3) is 4.09. The average molecular weight is 484 g/mol. The van der Waals surface area contributed by atoms with Crippen molar-refractivity contribution in [1.82, 2.24) is 19.7 Å². The van der Waals surface area contributed by atoms with Gasteiger partial charge in [0.25, 0.3) is 0 Å². The molecule has 0 radical (unpaired) electrons. The number of aryl methyl sites for hydroxylation is 2. The Balaban J connectivity index is 1.24. The van der Waals surface area contributed by atoms with Crippen LogP contribution in [-0.4, -0.2) is 39.4 Å². The van der Waals surface area contributed by atoms with Gasteiger partial charge in [-0.15, -0.1) is 0 Å². The molecular weight excluding hydrogens is 455 g/mol. The largest absolute Gasteiger partial charge is 0.371 e. The van der Waals surface area contributed by atoms with Crippen LogP contribution in [0.3, 0.4) is 0 Å². The van der Waals surface area contributed by atoms with Gasteiger partial charge in [0.15, 0.2) is 29.1 Å². The predicted octanol–water partition coefficient (Wildman–Crippen LogP) is 4.61. The highest BCUT2D eigenvalue weighted by molar-refractivity contribution is 5.47. The highest BCUT2D eigenvalue weighted by Gasteiger charge is 2.43. The van der Waals surface area contributed by atoms with Crippen LogP contribution in [0.2, 0.25) is 0 Å². The minimum atomic E-state index is -1.49. The Kier molecular flexibility index (Phi) is 5.75. The van der Waals surface area contributed by atoms with E-state index in [9.17, 15) is 13.2 Å². The van der Waals surface area contributed by atoms with Gasteiger partial charge in [0.05, 0.1) is 0 Å². The molecule has 2 bridgehead atoms. The lowest BCUT2D eigenvalue weighted by Crippen LogP contribution is -2.42. The third-order valence-electron chi connectivity index (χ3n) is 7.82. The van der Waals surface area contributed by atoms with Crippen LogP contribution in [0.5, 0.6) is 0 Å². The van der Waals surface area contributed by atoms with E-state index in [1.165, 1.54) is 24.6 Å². The topological polar surface area (TPSA) is 56.1 Å². The normalized spacial score (nSPS) is 26.0. The van der Waals surface area contributed by atoms with Crippen LogP contribution in [0.1, 0.15) is 48.3 Å². The highest BCUT2D eigenvalue weighted by Crippen LogP contribution is 2.44. The van der Waals surface area contributed by atoms with Gasteiger partial charge in [-0.2, -0.15) is 5.10 Å². The molecule has 0 amide bonds. The minimum Gasteiger partial charge on any atom is -0.371 e. The minimum absolute atomic E-state index is 0.0491. The molecule has 4 heterocycles. The van der Waals surface area contributed by atoms with Gasteiger partial charge in [0.2, 0.25) is 0 Å². The van der Waals surface area contributed by atoms with E-state index in [1.807, 2.05) is 13.1 Å². The van der Waals surface area contributed by atoms with Crippen molar-refractivity contribution in [3.05, 3.63) is 70.8 Å². The molecule has 1 aliphatic carbocycles. The molecule has 0 spiro atoms. The molecule has 184 valence electrons. The Hall–Kier alpha value is -2.94. The van der Waals surface area contributed by atoms with Gasteiger partial charge >= 0.3 is 0 Å².